The predicted octanol–water partition coefficient (Wildman–Crippen LogP) is 4.73. The molecular weight excluding hydrogens is 382 g/mol. The first-order chi connectivity index (χ1) is 14.5. The fraction of sp³-hybridized carbons (Fsp3) is 0.174. The van der Waals surface area contributed by atoms with Crippen molar-refractivity contribution in [2.45, 2.75) is 25.2 Å². The maximum Gasteiger partial charge on any atom is 0.271 e. The smallest absolute Gasteiger partial charge is 0.271 e. The van der Waals surface area contributed by atoms with Gasteiger partial charge in [0.25, 0.3) is 5.69 Å². The minimum Gasteiger partial charge on any atom is -0.326 e. The number of ketones is 1. The summed E-state index contributed by atoms with van der Waals surface area (Å²) in [6.45, 7) is 0. The van der Waals surface area contributed by atoms with Crippen LogP contribution in [-0.4, -0.2) is 16.6 Å². The van der Waals surface area contributed by atoms with Gasteiger partial charge in [-0.15, -0.1) is 0 Å². The number of non-ortho nitro benzene ring substituents is 1. The van der Waals surface area contributed by atoms with Crippen molar-refractivity contribution < 1.29 is 14.5 Å². The van der Waals surface area contributed by atoms with Crippen LogP contribution in [0, 0.1) is 21.4 Å². The molecule has 150 valence electrons. The van der Waals surface area contributed by atoms with Gasteiger partial charge in [0.15, 0.2) is 5.78 Å². The van der Waals surface area contributed by atoms with Crippen LogP contribution in [-0.2, 0) is 9.59 Å². The largest absolute Gasteiger partial charge is 0.326 e. The van der Waals surface area contributed by atoms with Crippen molar-refractivity contribution in [3.63, 3.8) is 0 Å². The van der Waals surface area contributed by atoms with Gasteiger partial charge in [0, 0.05) is 30.7 Å². The fourth-order valence-corrected chi connectivity index (χ4v) is 3.31. The number of hydrogen-bond donors (Lipinski definition) is 1. The third-order valence-electron chi connectivity index (χ3n) is 4.75. The second-order valence-corrected chi connectivity index (χ2v) is 6.81. The third-order valence-corrected chi connectivity index (χ3v) is 4.75. The molecule has 3 rings (SSSR count). The first kappa shape index (κ1) is 20.7. The second kappa shape index (κ2) is 9.43. The summed E-state index contributed by atoms with van der Waals surface area (Å²) in [5, 5.41) is 24.8. The maximum atomic E-state index is 12.6. The Morgan fingerprint density at radius 3 is 2.53 bits per heavy atom. The lowest BCUT2D eigenvalue weighted by Gasteiger charge is -2.12. The number of nitro groups is 1. The number of anilines is 1. The maximum absolute atomic E-state index is 12.6. The number of rotatable bonds is 8. The SMILES string of the molecule is N#C[C@@H](C(=O)CCCC(=O)Nc1cccc([N+](=O)[O-])c1)c1cccc2ccccc12. The molecule has 7 heteroatoms. The van der Waals surface area contributed by atoms with Crippen molar-refractivity contribution in [2.24, 2.45) is 0 Å². The lowest BCUT2D eigenvalue weighted by Crippen LogP contribution is -2.14. The molecule has 7 nitrogen and oxygen atoms in total. The number of carbonyl (C=O) groups excluding carboxylic acids is 2. The minimum absolute atomic E-state index is 0.0715. The van der Waals surface area contributed by atoms with Gasteiger partial charge in [-0.2, -0.15) is 5.26 Å². The van der Waals surface area contributed by atoms with E-state index in [1.807, 2.05) is 36.4 Å². The summed E-state index contributed by atoms with van der Waals surface area (Å²) in [4.78, 5) is 35.0. The highest BCUT2D eigenvalue weighted by Gasteiger charge is 2.22. The monoisotopic (exact) mass is 401 g/mol. The van der Waals surface area contributed by atoms with Gasteiger partial charge < -0.3 is 5.32 Å². The minimum atomic E-state index is -0.893. The summed E-state index contributed by atoms with van der Waals surface area (Å²) in [7, 11) is 0. The van der Waals surface area contributed by atoms with E-state index in [1.165, 1.54) is 18.2 Å². The average molecular weight is 401 g/mol. The van der Waals surface area contributed by atoms with Gasteiger partial charge in [-0.1, -0.05) is 48.5 Å². The Balaban J connectivity index is 1.59. The molecule has 1 atom stereocenters. The van der Waals surface area contributed by atoms with Gasteiger partial charge in [0.2, 0.25) is 5.91 Å². The quantitative estimate of drug-likeness (QED) is 0.433. The normalized spacial score (nSPS) is 11.4. The molecule has 0 fully saturated rings. The van der Waals surface area contributed by atoms with Crippen LogP contribution < -0.4 is 5.32 Å². The molecule has 0 radical (unpaired) electrons. The molecule has 1 amide bonds. The molecule has 0 saturated carbocycles. The summed E-state index contributed by atoms with van der Waals surface area (Å²) in [6, 6.07) is 20.8. The number of amides is 1. The summed E-state index contributed by atoms with van der Waals surface area (Å²) in [5.41, 5.74) is 0.878. The molecule has 0 aromatic heterocycles. The van der Waals surface area contributed by atoms with Crippen molar-refractivity contribution in [1.82, 2.24) is 0 Å². The first-order valence-electron chi connectivity index (χ1n) is 9.44. The molecule has 0 aliphatic heterocycles. The number of carbonyl (C=O) groups is 2. The zero-order valence-electron chi connectivity index (χ0n) is 16.1. The van der Waals surface area contributed by atoms with Gasteiger partial charge >= 0.3 is 0 Å². The molecule has 0 bridgehead atoms. The predicted molar refractivity (Wildman–Crippen MR) is 113 cm³/mol. The summed E-state index contributed by atoms with van der Waals surface area (Å²) >= 11 is 0. The molecule has 1 N–H and O–H groups in total. The number of nitriles is 1. The van der Waals surface area contributed by atoms with Gasteiger partial charge in [0.1, 0.15) is 5.92 Å². The van der Waals surface area contributed by atoms with Crippen molar-refractivity contribution in [3.8, 4) is 6.07 Å². The van der Waals surface area contributed by atoms with Crippen LogP contribution in [0.15, 0.2) is 66.7 Å². The Morgan fingerprint density at radius 1 is 1.03 bits per heavy atom. The van der Waals surface area contributed by atoms with E-state index in [9.17, 15) is 25.0 Å². The third kappa shape index (κ3) is 4.86. The van der Waals surface area contributed by atoms with Gasteiger partial charge in [-0.3, -0.25) is 19.7 Å². The number of fused-ring (bicyclic) bond motifs is 1. The fourth-order valence-electron chi connectivity index (χ4n) is 3.31. The van der Waals surface area contributed by atoms with Crippen LogP contribution in [0.3, 0.4) is 0 Å². The van der Waals surface area contributed by atoms with Crippen molar-refractivity contribution in [3.05, 3.63) is 82.4 Å². The number of nitro benzene ring substituents is 1. The Bertz CT molecular complexity index is 1150. The van der Waals surface area contributed by atoms with E-state index < -0.39 is 10.8 Å². The van der Waals surface area contributed by atoms with Gasteiger partial charge in [-0.05, 0) is 28.8 Å². The second-order valence-electron chi connectivity index (χ2n) is 6.81. The molecule has 3 aromatic rings. The lowest BCUT2D eigenvalue weighted by molar-refractivity contribution is -0.384. The Labute approximate surface area is 173 Å². The summed E-state index contributed by atoms with van der Waals surface area (Å²) in [5.74, 6) is -1.48. The van der Waals surface area contributed by atoms with E-state index in [2.05, 4.69) is 11.4 Å². The Hall–Kier alpha value is -4.05. The molecule has 0 aliphatic rings. The Morgan fingerprint density at radius 2 is 1.77 bits per heavy atom. The number of nitrogens with zero attached hydrogens (tertiary/aromatic N) is 2. The molecule has 3 aromatic carbocycles. The van der Waals surface area contributed by atoms with Crippen molar-refractivity contribution in [2.75, 3.05) is 5.32 Å². The van der Waals surface area contributed by atoms with Crippen LogP contribution >= 0.6 is 0 Å². The van der Waals surface area contributed by atoms with E-state index in [-0.39, 0.29) is 36.6 Å². The van der Waals surface area contributed by atoms with E-state index >= 15 is 0 Å². The van der Waals surface area contributed by atoms with Crippen LogP contribution in [0.5, 0.6) is 0 Å². The standard InChI is InChI=1S/C23H19N3O4/c24-15-21(20-11-3-7-16-6-1-2-10-19(16)20)22(27)12-5-13-23(28)25-17-8-4-9-18(14-17)26(29)30/h1-4,6-11,14,21H,5,12-13H2,(H,25,28)/t21-/m1/s1. The molecular formula is C23H19N3O4. The number of Topliss-reactive ketones (excluding diaryl/α,β-unsaturated/α-hetero) is 1. The Kier molecular flexibility index (Phi) is 6.50. The molecule has 0 spiro atoms. The highest BCUT2D eigenvalue weighted by molar-refractivity contribution is 5.96. The van der Waals surface area contributed by atoms with E-state index in [4.69, 9.17) is 0 Å². The van der Waals surface area contributed by atoms with Crippen molar-refractivity contribution >= 4 is 33.8 Å². The van der Waals surface area contributed by atoms with Gasteiger partial charge in [-0.25, -0.2) is 0 Å². The number of hydrogen-bond acceptors (Lipinski definition) is 5. The molecule has 30 heavy (non-hydrogen) atoms. The molecule has 0 saturated heterocycles. The van der Waals surface area contributed by atoms with Gasteiger partial charge in [0.05, 0.1) is 11.0 Å². The van der Waals surface area contributed by atoms with E-state index in [0.717, 1.165) is 10.8 Å². The zero-order chi connectivity index (χ0) is 21.5. The number of benzene rings is 3. The van der Waals surface area contributed by atoms with Crippen LogP contribution in [0.4, 0.5) is 11.4 Å². The highest BCUT2D eigenvalue weighted by atomic mass is 16.6. The van der Waals surface area contributed by atoms with E-state index in [1.54, 1.807) is 12.1 Å². The lowest BCUT2D eigenvalue weighted by atomic mass is 9.89. The summed E-state index contributed by atoms with van der Waals surface area (Å²) < 4.78 is 0. The summed E-state index contributed by atoms with van der Waals surface area (Å²) in [6.07, 6.45) is 0.439. The van der Waals surface area contributed by atoms with Crippen molar-refractivity contribution in [1.29, 1.82) is 5.26 Å². The molecule has 0 unspecified atom stereocenters. The molecule has 0 heterocycles. The van der Waals surface area contributed by atoms with E-state index in [0.29, 0.717) is 11.3 Å². The molecule has 0 aliphatic carbocycles. The highest BCUT2D eigenvalue weighted by Crippen LogP contribution is 2.27. The van der Waals surface area contributed by atoms with Crippen LogP contribution in [0.25, 0.3) is 10.8 Å². The number of nitrogens with one attached hydrogen (secondary N) is 1. The average Bonchev–Trinajstić information content (AvgIpc) is 2.74. The zero-order valence-corrected chi connectivity index (χ0v) is 16.1. The van der Waals surface area contributed by atoms with Crippen LogP contribution in [0.2, 0.25) is 0 Å². The topological polar surface area (TPSA) is 113 Å². The van der Waals surface area contributed by atoms with Crippen LogP contribution in [0.1, 0.15) is 30.7 Å². The first-order valence-corrected chi connectivity index (χ1v) is 9.44.